The van der Waals surface area contributed by atoms with Crippen LogP contribution in [0.4, 0.5) is 4.39 Å². The second-order valence-electron chi connectivity index (χ2n) is 5.15. The summed E-state index contributed by atoms with van der Waals surface area (Å²) in [4.78, 5) is 0. The highest BCUT2D eigenvalue weighted by Gasteiger charge is 2.32. The van der Waals surface area contributed by atoms with Crippen molar-refractivity contribution < 1.29 is 4.39 Å². The third-order valence-corrected chi connectivity index (χ3v) is 4.51. The molecule has 0 amide bonds. The van der Waals surface area contributed by atoms with Crippen molar-refractivity contribution in [1.82, 2.24) is 0 Å². The van der Waals surface area contributed by atoms with Crippen molar-refractivity contribution in [2.24, 2.45) is 5.92 Å². The van der Waals surface area contributed by atoms with E-state index in [9.17, 15) is 4.39 Å². The van der Waals surface area contributed by atoms with Crippen LogP contribution in [0.15, 0.2) is 24.3 Å². The molecule has 1 unspecified atom stereocenters. The van der Waals surface area contributed by atoms with Gasteiger partial charge in [0.15, 0.2) is 0 Å². The summed E-state index contributed by atoms with van der Waals surface area (Å²) in [6.45, 7) is 4.40. The summed E-state index contributed by atoms with van der Waals surface area (Å²) in [7, 11) is 0. The molecule has 1 atom stereocenters. The molecule has 0 N–H and O–H groups in total. The Morgan fingerprint density at radius 1 is 1.17 bits per heavy atom. The summed E-state index contributed by atoms with van der Waals surface area (Å²) < 4.78 is 13.0. The molecule has 0 nitrogen and oxygen atoms in total. The van der Waals surface area contributed by atoms with Gasteiger partial charge in [0, 0.05) is 17.2 Å². The minimum atomic E-state index is -0.245. The minimum Gasteiger partial charge on any atom is -0.207 e. The Bertz CT molecular complexity index is 344. The van der Waals surface area contributed by atoms with Gasteiger partial charge >= 0.3 is 0 Å². The molecule has 0 heterocycles. The zero-order chi connectivity index (χ0) is 13.6. The van der Waals surface area contributed by atoms with E-state index in [0.29, 0.717) is 17.7 Å². The van der Waals surface area contributed by atoms with Crippen LogP contribution in [-0.2, 0) is 5.41 Å². The molecule has 0 radical (unpaired) electrons. The second kappa shape index (κ2) is 7.35. The Hall–Kier alpha value is -0.270. The Kier molecular flexibility index (Phi) is 6.45. The molecule has 0 saturated carbocycles. The lowest BCUT2D eigenvalue weighted by Gasteiger charge is -2.33. The molecule has 1 rings (SSSR count). The summed E-state index contributed by atoms with van der Waals surface area (Å²) in [5.41, 5.74) is 0.794. The van der Waals surface area contributed by atoms with Crippen LogP contribution in [0, 0.1) is 11.7 Å². The third kappa shape index (κ3) is 3.86. The van der Waals surface area contributed by atoms with Crippen LogP contribution in [-0.4, -0.2) is 11.8 Å². The van der Waals surface area contributed by atoms with Crippen molar-refractivity contribution in [3.05, 3.63) is 35.6 Å². The van der Waals surface area contributed by atoms with E-state index in [-0.39, 0.29) is 11.2 Å². The van der Waals surface area contributed by atoms with Crippen LogP contribution >= 0.6 is 23.2 Å². The van der Waals surface area contributed by atoms with Gasteiger partial charge in [-0.1, -0.05) is 38.8 Å². The SMILES string of the molecule is CCCC(C)CC(CCl)(CCl)c1ccc(F)cc1. The minimum absolute atomic E-state index is 0.224. The second-order valence-corrected chi connectivity index (χ2v) is 5.69. The highest BCUT2D eigenvalue weighted by atomic mass is 35.5. The van der Waals surface area contributed by atoms with E-state index in [0.717, 1.165) is 24.8 Å². The summed E-state index contributed by atoms with van der Waals surface area (Å²) in [5, 5.41) is 0. The lowest BCUT2D eigenvalue weighted by Crippen LogP contribution is -2.32. The first-order valence-electron chi connectivity index (χ1n) is 6.46. The standard InChI is InChI=1S/C15H21Cl2F/c1-3-4-12(2)9-15(10-16,11-17)13-5-7-14(18)8-6-13/h5-8,12H,3-4,9-11H2,1-2H3. The Balaban J connectivity index is 2.95. The largest absolute Gasteiger partial charge is 0.207 e. The van der Waals surface area contributed by atoms with Gasteiger partial charge in [-0.3, -0.25) is 0 Å². The fraction of sp³-hybridized carbons (Fsp3) is 0.600. The van der Waals surface area contributed by atoms with E-state index in [1.54, 1.807) is 12.1 Å². The van der Waals surface area contributed by atoms with Crippen LogP contribution < -0.4 is 0 Å². The van der Waals surface area contributed by atoms with E-state index in [2.05, 4.69) is 13.8 Å². The van der Waals surface area contributed by atoms with Gasteiger partial charge in [0.1, 0.15) is 5.82 Å². The molecule has 102 valence electrons. The van der Waals surface area contributed by atoms with Gasteiger partial charge in [0.25, 0.3) is 0 Å². The monoisotopic (exact) mass is 290 g/mol. The normalized spacial score (nSPS) is 13.6. The van der Waals surface area contributed by atoms with Crippen molar-refractivity contribution >= 4 is 23.2 Å². The van der Waals surface area contributed by atoms with Gasteiger partial charge in [-0.2, -0.15) is 0 Å². The van der Waals surface area contributed by atoms with Crippen LogP contribution in [0.5, 0.6) is 0 Å². The van der Waals surface area contributed by atoms with Crippen molar-refractivity contribution in [2.75, 3.05) is 11.8 Å². The number of rotatable bonds is 7. The molecule has 0 saturated heterocycles. The average Bonchev–Trinajstić information content (AvgIpc) is 2.37. The molecule has 3 heteroatoms. The zero-order valence-electron chi connectivity index (χ0n) is 11.1. The molecular weight excluding hydrogens is 270 g/mol. The smallest absolute Gasteiger partial charge is 0.123 e. The van der Waals surface area contributed by atoms with E-state index in [1.165, 1.54) is 12.1 Å². The topological polar surface area (TPSA) is 0 Å². The van der Waals surface area contributed by atoms with Gasteiger partial charge in [-0.25, -0.2) is 4.39 Å². The van der Waals surface area contributed by atoms with Crippen molar-refractivity contribution in [3.8, 4) is 0 Å². The van der Waals surface area contributed by atoms with Crippen LogP contribution in [0.1, 0.15) is 38.7 Å². The van der Waals surface area contributed by atoms with Crippen LogP contribution in [0.3, 0.4) is 0 Å². The van der Waals surface area contributed by atoms with E-state index < -0.39 is 0 Å². The molecule has 0 fully saturated rings. The highest BCUT2D eigenvalue weighted by molar-refractivity contribution is 6.22. The first-order valence-corrected chi connectivity index (χ1v) is 7.53. The predicted octanol–water partition coefficient (Wildman–Crippen LogP) is 5.37. The maximum Gasteiger partial charge on any atom is 0.123 e. The van der Waals surface area contributed by atoms with E-state index in [1.807, 2.05) is 0 Å². The maximum atomic E-state index is 13.0. The molecule has 1 aromatic rings. The third-order valence-electron chi connectivity index (χ3n) is 3.49. The summed E-state index contributed by atoms with van der Waals surface area (Å²) in [6, 6.07) is 6.57. The van der Waals surface area contributed by atoms with Gasteiger partial charge in [0.2, 0.25) is 0 Å². The lowest BCUT2D eigenvalue weighted by molar-refractivity contribution is 0.368. The van der Waals surface area contributed by atoms with Gasteiger partial charge < -0.3 is 0 Å². The molecule has 1 aromatic carbocycles. The number of halogens is 3. The Labute approximate surface area is 119 Å². The van der Waals surface area contributed by atoms with E-state index >= 15 is 0 Å². The van der Waals surface area contributed by atoms with Crippen molar-refractivity contribution in [1.29, 1.82) is 0 Å². The molecule has 0 bridgehead atoms. The zero-order valence-corrected chi connectivity index (χ0v) is 12.6. The fourth-order valence-electron chi connectivity index (χ4n) is 2.48. The lowest BCUT2D eigenvalue weighted by atomic mass is 9.76. The van der Waals surface area contributed by atoms with Gasteiger partial charge in [0.05, 0.1) is 0 Å². The van der Waals surface area contributed by atoms with Gasteiger partial charge in [-0.05, 0) is 30.0 Å². The number of hydrogen-bond acceptors (Lipinski definition) is 0. The quantitative estimate of drug-likeness (QED) is 0.593. The number of benzene rings is 1. The van der Waals surface area contributed by atoms with Crippen LogP contribution in [0.25, 0.3) is 0 Å². The first-order chi connectivity index (χ1) is 8.57. The van der Waals surface area contributed by atoms with Gasteiger partial charge in [-0.15, -0.1) is 23.2 Å². The summed E-state index contributed by atoms with van der Waals surface area (Å²) >= 11 is 12.3. The maximum absolute atomic E-state index is 13.0. The Morgan fingerprint density at radius 2 is 1.72 bits per heavy atom. The molecule has 0 aliphatic rings. The molecule has 18 heavy (non-hydrogen) atoms. The summed E-state index contributed by atoms with van der Waals surface area (Å²) in [5.74, 6) is 1.28. The fourth-order valence-corrected chi connectivity index (χ4v) is 3.29. The highest BCUT2D eigenvalue weighted by Crippen LogP contribution is 2.35. The molecule has 0 spiro atoms. The predicted molar refractivity (Wildman–Crippen MR) is 78.2 cm³/mol. The molecule has 0 aliphatic carbocycles. The number of alkyl halides is 2. The summed E-state index contributed by atoms with van der Waals surface area (Å²) in [6.07, 6.45) is 3.27. The number of hydrogen-bond donors (Lipinski definition) is 0. The van der Waals surface area contributed by atoms with E-state index in [4.69, 9.17) is 23.2 Å². The first kappa shape index (κ1) is 15.8. The molecular formula is C15H21Cl2F. The average molecular weight is 291 g/mol. The van der Waals surface area contributed by atoms with Crippen molar-refractivity contribution in [2.45, 2.75) is 38.5 Å². The molecule has 0 aromatic heterocycles. The van der Waals surface area contributed by atoms with Crippen LogP contribution in [0.2, 0.25) is 0 Å². The van der Waals surface area contributed by atoms with Crippen molar-refractivity contribution in [3.63, 3.8) is 0 Å². The molecule has 0 aliphatic heterocycles. The Morgan fingerprint density at radius 3 is 2.17 bits per heavy atom.